The summed E-state index contributed by atoms with van der Waals surface area (Å²) >= 11 is 0. The number of benzene rings is 1. The molecule has 1 aliphatic rings. The molecule has 1 fully saturated rings. The standard InChI is InChI=1S/C15H17F3O2/c16-15(17,18)13-8-6-12(7-9-13)4-3-11-20-14-5-1-2-10-19-14/h3-4,6-9,14H,1-2,5,10-11H2/b4-3+. The van der Waals surface area contributed by atoms with E-state index in [1.54, 1.807) is 12.2 Å². The predicted octanol–water partition coefficient (Wildman–Crippen LogP) is 4.26. The molecule has 0 aliphatic carbocycles. The number of alkyl halides is 3. The molecule has 1 unspecified atom stereocenters. The largest absolute Gasteiger partial charge is 0.416 e. The van der Waals surface area contributed by atoms with E-state index in [1.807, 2.05) is 0 Å². The van der Waals surface area contributed by atoms with E-state index < -0.39 is 11.7 Å². The van der Waals surface area contributed by atoms with Gasteiger partial charge >= 0.3 is 6.18 Å². The van der Waals surface area contributed by atoms with Gasteiger partial charge in [-0.15, -0.1) is 0 Å². The van der Waals surface area contributed by atoms with Crippen LogP contribution < -0.4 is 0 Å². The minimum absolute atomic E-state index is 0.152. The summed E-state index contributed by atoms with van der Waals surface area (Å²) in [5.74, 6) is 0. The monoisotopic (exact) mass is 286 g/mol. The number of hydrogen-bond donors (Lipinski definition) is 0. The molecular formula is C15H17F3O2. The Morgan fingerprint density at radius 1 is 1.20 bits per heavy atom. The lowest BCUT2D eigenvalue weighted by molar-refractivity contribution is -0.155. The van der Waals surface area contributed by atoms with E-state index >= 15 is 0 Å². The third kappa shape index (κ3) is 4.65. The molecule has 2 rings (SSSR count). The zero-order valence-corrected chi connectivity index (χ0v) is 11.0. The highest BCUT2D eigenvalue weighted by Crippen LogP contribution is 2.29. The third-order valence-corrected chi connectivity index (χ3v) is 3.06. The van der Waals surface area contributed by atoms with Crippen LogP contribution in [0.4, 0.5) is 13.2 Å². The average Bonchev–Trinajstić information content (AvgIpc) is 2.44. The Balaban J connectivity index is 1.79. The van der Waals surface area contributed by atoms with Gasteiger partial charge in [0.1, 0.15) is 0 Å². The first kappa shape index (κ1) is 15.1. The summed E-state index contributed by atoms with van der Waals surface area (Å²) in [5.41, 5.74) is 0.0765. The lowest BCUT2D eigenvalue weighted by atomic mass is 10.1. The van der Waals surface area contributed by atoms with E-state index in [-0.39, 0.29) is 6.29 Å². The molecule has 0 N–H and O–H groups in total. The van der Waals surface area contributed by atoms with Gasteiger partial charge in [0.2, 0.25) is 0 Å². The van der Waals surface area contributed by atoms with Gasteiger partial charge in [-0.2, -0.15) is 13.2 Å². The molecule has 1 aromatic rings. The first-order chi connectivity index (χ1) is 9.55. The summed E-state index contributed by atoms with van der Waals surface area (Å²) in [7, 11) is 0. The van der Waals surface area contributed by atoms with Crippen molar-refractivity contribution in [1.29, 1.82) is 0 Å². The van der Waals surface area contributed by atoms with Gasteiger partial charge in [-0.25, -0.2) is 0 Å². The molecule has 1 heterocycles. The van der Waals surface area contributed by atoms with Crippen LogP contribution in [-0.2, 0) is 15.7 Å². The average molecular weight is 286 g/mol. The molecule has 0 saturated carbocycles. The summed E-state index contributed by atoms with van der Waals surface area (Å²) < 4.78 is 48.0. The number of ether oxygens (including phenoxy) is 2. The third-order valence-electron chi connectivity index (χ3n) is 3.06. The maximum Gasteiger partial charge on any atom is 0.416 e. The van der Waals surface area contributed by atoms with Crippen LogP contribution in [0, 0.1) is 0 Å². The second kappa shape index (κ2) is 6.90. The summed E-state index contributed by atoms with van der Waals surface area (Å²) in [6, 6.07) is 5.03. The van der Waals surface area contributed by atoms with Gasteiger partial charge in [-0.3, -0.25) is 0 Å². The van der Waals surface area contributed by atoms with Crippen LogP contribution in [0.3, 0.4) is 0 Å². The van der Waals surface area contributed by atoms with Crippen LogP contribution in [0.15, 0.2) is 30.3 Å². The highest BCUT2D eigenvalue weighted by Gasteiger charge is 2.29. The molecule has 2 nitrogen and oxygen atoms in total. The smallest absolute Gasteiger partial charge is 0.353 e. The molecule has 0 aromatic heterocycles. The summed E-state index contributed by atoms with van der Waals surface area (Å²) in [4.78, 5) is 0. The summed E-state index contributed by atoms with van der Waals surface area (Å²) in [6.07, 6.45) is 2.15. The van der Waals surface area contributed by atoms with Gasteiger partial charge in [-0.05, 0) is 37.0 Å². The van der Waals surface area contributed by atoms with Crippen LogP contribution in [0.2, 0.25) is 0 Å². The van der Waals surface area contributed by atoms with E-state index in [2.05, 4.69) is 0 Å². The molecule has 110 valence electrons. The first-order valence-electron chi connectivity index (χ1n) is 6.63. The quantitative estimate of drug-likeness (QED) is 0.823. The molecule has 1 aliphatic heterocycles. The maximum absolute atomic E-state index is 12.4. The van der Waals surface area contributed by atoms with Gasteiger partial charge in [0.15, 0.2) is 6.29 Å². The molecule has 5 heteroatoms. The number of rotatable bonds is 4. The first-order valence-corrected chi connectivity index (χ1v) is 6.63. The minimum atomic E-state index is -4.29. The van der Waals surface area contributed by atoms with E-state index in [9.17, 15) is 13.2 Å². The number of hydrogen-bond acceptors (Lipinski definition) is 2. The minimum Gasteiger partial charge on any atom is -0.353 e. The van der Waals surface area contributed by atoms with Crippen LogP contribution in [0.1, 0.15) is 30.4 Å². The lowest BCUT2D eigenvalue weighted by Gasteiger charge is -2.21. The van der Waals surface area contributed by atoms with Crippen molar-refractivity contribution in [2.24, 2.45) is 0 Å². The van der Waals surface area contributed by atoms with E-state index in [4.69, 9.17) is 9.47 Å². The fourth-order valence-electron chi connectivity index (χ4n) is 1.97. The van der Waals surface area contributed by atoms with E-state index in [1.165, 1.54) is 12.1 Å². The second-order valence-corrected chi connectivity index (χ2v) is 4.65. The molecule has 0 radical (unpaired) electrons. The van der Waals surface area contributed by atoms with Gasteiger partial charge in [0.05, 0.1) is 12.2 Å². The zero-order chi connectivity index (χ0) is 14.4. The van der Waals surface area contributed by atoms with Crippen LogP contribution in [0.5, 0.6) is 0 Å². The van der Waals surface area contributed by atoms with E-state index in [0.717, 1.165) is 38.0 Å². The van der Waals surface area contributed by atoms with Crippen molar-refractivity contribution in [1.82, 2.24) is 0 Å². The Labute approximate surface area is 116 Å². The Bertz CT molecular complexity index is 431. The van der Waals surface area contributed by atoms with Gasteiger partial charge in [0.25, 0.3) is 0 Å². The molecule has 0 bridgehead atoms. The van der Waals surface area contributed by atoms with Crippen LogP contribution in [0.25, 0.3) is 6.08 Å². The van der Waals surface area contributed by atoms with E-state index in [0.29, 0.717) is 12.2 Å². The normalized spacial score (nSPS) is 20.4. The SMILES string of the molecule is FC(F)(F)c1ccc(/C=C/COC2CCCCO2)cc1. The fraction of sp³-hybridized carbons (Fsp3) is 0.467. The molecule has 0 amide bonds. The predicted molar refractivity (Wildman–Crippen MR) is 70.0 cm³/mol. The Kier molecular flexibility index (Phi) is 5.20. The maximum atomic E-state index is 12.4. The van der Waals surface area contributed by atoms with Crippen LogP contribution in [-0.4, -0.2) is 19.5 Å². The Morgan fingerprint density at radius 2 is 1.95 bits per heavy atom. The molecular weight excluding hydrogens is 269 g/mol. The van der Waals surface area contributed by atoms with Gasteiger partial charge < -0.3 is 9.47 Å². The van der Waals surface area contributed by atoms with Crippen LogP contribution >= 0.6 is 0 Å². The van der Waals surface area contributed by atoms with Crippen molar-refractivity contribution in [3.05, 3.63) is 41.5 Å². The zero-order valence-electron chi connectivity index (χ0n) is 11.0. The van der Waals surface area contributed by atoms with Gasteiger partial charge in [0, 0.05) is 6.61 Å². The van der Waals surface area contributed by atoms with Crippen molar-refractivity contribution < 1.29 is 22.6 Å². The topological polar surface area (TPSA) is 18.5 Å². The number of halogens is 3. The fourth-order valence-corrected chi connectivity index (χ4v) is 1.97. The molecule has 0 spiro atoms. The Morgan fingerprint density at radius 3 is 2.55 bits per heavy atom. The molecule has 1 atom stereocenters. The summed E-state index contributed by atoms with van der Waals surface area (Å²) in [6.45, 7) is 1.12. The molecule has 1 aromatic carbocycles. The van der Waals surface area contributed by atoms with Crippen molar-refractivity contribution in [3.8, 4) is 0 Å². The Hall–Kier alpha value is -1.33. The van der Waals surface area contributed by atoms with Crippen molar-refractivity contribution >= 4 is 6.08 Å². The molecule has 20 heavy (non-hydrogen) atoms. The summed E-state index contributed by atoms with van der Waals surface area (Å²) in [5, 5.41) is 0. The molecule has 1 saturated heterocycles. The van der Waals surface area contributed by atoms with Gasteiger partial charge in [-0.1, -0.05) is 24.3 Å². The van der Waals surface area contributed by atoms with Crippen molar-refractivity contribution in [2.45, 2.75) is 31.7 Å². The highest BCUT2D eigenvalue weighted by atomic mass is 19.4. The highest BCUT2D eigenvalue weighted by molar-refractivity contribution is 5.49. The lowest BCUT2D eigenvalue weighted by Crippen LogP contribution is -2.22. The second-order valence-electron chi connectivity index (χ2n) is 4.65. The van der Waals surface area contributed by atoms with Crippen molar-refractivity contribution in [3.63, 3.8) is 0 Å². The van der Waals surface area contributed by atoms with Crippen molar-refractivity contribution in [2.75, 3.05) is 13.2 Å².